The van der Waals surface area contributed by atoms with Gasteiger partial charge in [0.2, 0.25) is 0 Å². The number of halogens is 3. The average Bonchev–Trinajstić information content (AvgIpc) is 2.34. The Morgan fingerprint density at radius 1 is 1.21 bits per heavy atom. The fourth-order valence-corrected chi connectivity index (χ4v) is 2.04. The van der Waals surface area contributed by atoms with E-state index in [0.29, 0.717) is 16.0 Å². The van der Waals surface area contributed by atoms with Gasteiger partial charge in [0.1, 0.15) is 17.3 Å². The Kier molecular flexibility index (Phi) is 4.07. The van der Waals surface area contributed by atoms with Gasteiger partial charge in [-0.1, -0.05) is 11.6 Å². The number of aromatic carboxylic acids is 1. The lowest BCUT2D eigenvalue weighted by atomic mass is 10.2. The molecule has 0 saturated carbocycles. The number of carboxylic acid groups (broad SMARTS) is 1. The molecular formula is C13H7BrClFO3. The van der Waals surface area contributed by atoms with E-state index in [1.165, 1.54) is 36.4 Å². The largest absolute Gasteiger partial charge is 0.478 e. The van der Waals surface area contributed by atoms with Crippen LogP contribution in [0, 0.1) is 5.82 Å². The van der Waals surface area contributed by atoms with E-state index >= 15 is 0 Å². The van der Waals surface area contributed by atoms with Gasteiger partial charge in [-0.2, -0.15) is 0 Å². The maximum absolute atomic E-state index is 12.9. The van der Waals surface area contributed by atoms with E-state index < -0.39 is 11.8 Å². The molecule has 0 amide bonds. The minimum atomic E-state index is -1.07. The summed E-state index contributed by atoms with van der Waals surface area (Å²) in [6.07, 6.45) is 0. The normalized spacial score (nSPS) is 10.3. The van der Waals surface area contributed by atoms with Crippen LogP contribution >= 0.6 is 27.5 Å². The van der Waals surface area contributed by atoms with Crippen LogP contribution < -0.4 is 4.74 Å². The van der Waals surface area contributed by atoms with Crippen molar-refractivity contribution in [3.05, 3.63) is 57.3 Å². The van der Waals surface area contributed by atoms with E-state index in [4.69, 9.17) is 21.4 Å². The Labute approximate surface area is 121 Å². The molecule has 2 rings (SSSR count). The predicted molar refractivity (Wildman–Crippen MR) is 72.6 cm³/mol. The number of hydrogen-bond donors (Lipinski definition) is 1. The van der Waals surface area contributed by atoms with Crippen molar-refractivity contribution < 1.29 is 19.0 Å². The van der Waals surface area contributed by atoms with Crippen molar-refractivity contribution >= 4 is 33.5 Å². The molecule has 0 aliphatic rings. The second-order valence-corrected chi connectivity index (χ2v) is 4.89. The maximum Gasteiger partial charge on any atom is 0.335 e. The standard InChI is InChI=1S/C13H7BrClFO3/c14-9-6-8(16)2-4-11(9)19-12-3-1-7(13(17)18)5-10(12)15/h1-6H,(H,17,18). The highest BCUT2D eigenvalue weighted by Crippen LogP contribution is 2.34. The summed E-state index contributed by atoms with van der Waals surface area (Å²) in [6, 6.07) is 8.06. The summed E-state index contributed by atoms with van der Waals surface area (Å²) < 4.78 is 18.9. The van der Waals surface area contributed by atoms with Crippen molar-refractivity contribution in [1.29, 1.82) is 0 Å². The Hall–Kier alpha value is -1.59. The number of rotatable bonds is 3. The first-order valence-corrected chi connectivity index (χ1v) is 6.30. The maximum atomic E-state index is 12.9. The molecule has 0 aliphatic carbocycles. The minimum absolute atomic E-state index is 0.0653. The third-order valence-corrected chi connectivity index (χ3v) is 3.21. The SMILES string of the molecule is O=C(O)c1ccc(Oc2ccc(F)cc2Br)c(Cl)c1. The summed E-state index contributed by atoms with van der Waals surface area (Å²) in [4.78, 5) is 10.8. The van der Waals surface area contributed by atoms with E-state index in [1.807, 2.05) is 0 Å². The number of carboxylic acids is 1. The Morgan fingerprint density at radius 3 is 2.47 bits per heavy atom. The number of benzene rings is 2. The summed E-state index contributed by atoms with van der Waals surface area (Å²) in [6.45, 7) is 0. The second kappa shape index (κ2) is 5.59. The van der Waals surface area contributed by atoms with Crippen molar-refractivity contribution in [2.75, 3.05) is 0 Å². The van der Waals surface area contributed by atoms with Crippen LogP contribution in [0.2, 0.25) is 5.02 Å². The van der Waals surface area contributed by atoms with Crippen LogP contribution in [0.4, 0.5) is 4.39 Å². The summed E-state index contributed by atoms with van der Waals surface area (Å²) in [5, 5.41) is 8.98. The fourth-order valence-electron chi connectivity index (χ4n) is 1.39. The molecule has 0 radical (unpaired) electrons. The van der Waals surface area contributed by atoms with Crippen LogP contribution in [0.15, 0.2) is 40.9 Å². The first-order chi connectivity index (χ1) is 8.97. The van der Waals surface area contributed by atoms with Crippen LogP contribution in [0.5, 0.6) is 11.5 Å². The van der Waals surface area contributed by atoms with Crippen LogP contribution in [0.25, 0.3) is 0 Å². The molecule has 6 heteroatoms. The Bertz CT molecular complexity index is 646. The third kappa shape index (κ3) is 3.24. The van der Waals surface area contributed by atoms with Gasteiger partial charge in [0.05, 0.1) is 15.1 Å². The molecule has 2 aromatic rings. The van der Waals surface area contributed by atoms with Crippen LogP contribution in [-0.4, -0.2) is 11.1 Å². The highest BCUT2D eigenvalue weighted by atomic mass is 79.9. The molecular weight excluding hydrogens is 338 g/mol. The Balaban J connectivity index is 2.31. The molecule has 0 fully saturated rings. The van der Waals surface area contributed by atoms with Crippen LogP contribution in [0.3, 0.4) is 0 Å². The van der Waals surface area contributed by atoms with Gasteiger partial charge >= 0.3 is 5.97 Å². The highest BCUT2D eigenvalue weighted by molar-refractivity contribution is 9.10. The average molecular weight is 346 g/mol. The van der Waals surface area contributed by atoms with Crippen LogP contribution in [-0.2, 0) is 0 Å². The summed E-state index contributed by atoms with van der Waals surface area (Å²) >= 11 is 9.09. The number of hydrogen-bond acceptors (Lipinski definition) is 2. The van der Waals surface area contributed by atoms with Crippen LogP contribution in [0.1, 0.15) is 10.4 Å². The second-order valence-electron chi connectivity index (χ2n) is 3.63. The van der Waals surface area contributed by atoms with Gasteiger partial charge in [-0.15, -0.1) is 0 Å². The zero-order chi connectivity index (χ0) is 14.0. The molecule has 0 heterocycles. The van der Waals surface area contributed by atoms with Gasteiger partial charge in [0.25, 0.3) is 0 Å². The zero-order valence-electron chi connectivity index (χ0n) is 9.36. The highest BCUT2D eigenvalue weighted by Gasteiger charge is 2.10. The summed E-state index contributed by atoms with van der Waals surface area (Å²) in [5.41, 5.74) is 0.0653. The molecule has 0 unspecified atom stereocenters. The van der Waals surface area contributed by atoms with E-state index in [-0.39, 0.29) is 10.6 Å². The van der Waals surface area contributed by atoms with Gasteiger partial charge in [0, 0.05) is 0 Å². The third-order valence-electron chi connectivity index (χ3n) is 2.29. The predicted octanol–water partition coefficient (Wildman–Crippen LogP) is 4.73. The first kappa shape index (κ1) is 13.8. The van der Waals surface area contributed by atoms with E-state index in [0.717, 1.165) is 0 Å². The van der Waals surface area contributed by atoms with Gasteiger partial charge in [-0.3, -0.25) is 0 Å². The lowest BCUT2D eigenvalue weighted by Gasteiger charge is -2.09. The van der Waals surface area contributed by atoms with E-state index in [1.54, 1.807) is 0 Å². The van der Waals surface area contributed by atoms with Gasteiger partial charge in [0.15, 0.2) is 0 Å². The van der Waals surface area contributed by atoms with Gasteiger partial charge < -0.3 is 9.84 Å². The topological polar surface area (TPSA) is 46.5 Å². The van der Waals surface area contributed by atoms with E-state index in [9.17, 15) is 9.18 Å². The molecule has 0 spiro atoms. The van der Waals surface area contributed by atoms with Crippen molar-refractivity contribution in [1.82, 2.24) is 0 Å². The monoisotopic (exact) mass is 344 g/mol. The molecule has 2 aromatic carbocycles. The van der Waals surface area contributed by atoms with E-state index in [2.05, 4.69) is 15.9 Å². The Morgan fingerprint density at radius 2 is 1.89 bits per heavy atom. The molecule has 98 valence electrons. The molecule has 0 aromatic heterocycles. The minimum Gasteiger partial charge on any atom is -0.478 e. The van der Waals surface area contributed by atoms with Gasteiger partial charge in [-0.25, -0.2) is 9.18 Å². The lowest BCUT2D eigenvalue weighted by molar-refractivity contribution is 0.0697. The fraction of sp³-hybridized carbons (Fsp3) is 0. The van der Waals surface area contributed by atoms with Gasteiger partial charge in [-0.05, 0) is 52.3 Å². The summed E-state index contributed by atoms with van der Waals surface area (Å²) in [7, 11) is 0. The quantitative estimate of drug-likeness (QED) is 0.874. The lowest BCUT2D eigenvalue weighted by Crippen LogP contribution is -1.96. The molecule has 3 nitrogen and oxygen atoms in total. The summed E-state index contributed by atoms with van der Waals surface area (Å²) in [5.74, 6) is -0.798. The number of carbonyl (C=O) groups is 1. The van der Waals surface area contributed by atoms with Crippen molar-refractivity contribution in [2.45, 2.75) is 0 Å². The first-order valence-electron chi connectivity index (χ1n) is 5.13. The van der Waals surface area contributed by atoms with Crippen molar-refractivity contribution in [2.24, 2.45) is 0 Å². The molecule has 0 atom stereocenters. The number of ether oxygens (including phenoxy) is 1. The molecule has 1 N–H and O–H groups in total. The molecule has 0 saturated heterocycles. The molecule has 0 bridgehead atoms. The zero-order valence-corrected chi connectivity index (χ0v) is 11.7. The van der Waals surface area contributed by atoms with Crippen molar-refractivity contribution in [3.63, 3.8) is 0 Å². The van der Waals surface area contributed by atoms with Crippen molar-refractivity contribution in [3.8, 4) is 11.5 Å². The smallest absolute Gasteiger partial charge is 0.335 e. The molecule has 19 heavy (non-hydrogen) atoms. The molecule has 0 aliphatic heterocycles.